The Morgan fingerprint density at radius 1 is 1.33 bits per heavy atom. The summed E-state index contributed by atoms with van der Waals surface area (Å²) in [6.07, 6.45) is 3.34. The van der Waals surface area contributed by atoms with E-state index in [2.05, 4.69) is 20.3 Å². The normalized spacial score (nSPS) is 14.7. The minimum Gasteiger partial charge on any atom is -0.462 e. The van der Waals surface area contributed by atoms with Crippen molar-refractivity contribution in [3.05, 3.63) is 40.1 Å². The van der Waals surface area contributed by atoms with Crippen LogP contribution in [0.2, 0.25) is 0 Å². The molecule has 1 amide bonds. The number of carbonyl (C=O) groups excluding carboxylic acids is 2. The molecule has 1 aliphatic rings. The van der Waals surface area contributed by atoms with Gasteiger partial charge >= 0.3 is 5.97 Å². The van der Waals surface area contributed by atoms with E-state index in [-0.39, 0.29) is 11.9 Å². The quantitative estimate of drug-likeness (QED) is 0.667. The van der Waals surface area contributed by atoms with Gasteiger partial charge in [0, 0.05) is 23.1 Å². The van der Waals surface area contributed by atoms with E-state index < -0.39 is 0 Å². The molecule has 3 rings (SSSR count). The maximum Gasteiger partial charge on any atom is 0.340 e. The van der Waals surface area contributed by atoms with Gasteiger partial charge in [0.15, 0.2) is 0 Å². The van der Waals surface area contributed by atoms with Gasteiger partial charge in [-0.2, -0.15) is 0 Å². The fourth-order valence-corrected chi connectivity index (χ4v) is 2.78. The van der Waals surface area contributed by atoms with Crippen molar-refractivity contribution in [1.82, 2.24) is 15.0 Å². The highest BCUT2D eigenvalue weighted by atomic mass is 16.5. The number of ether oxygens (including phenoxy) is 1. The molecule has 24 heavy (non-hydrogen) atoms. The first-order valence-corrected chi connectivity index (χ1v) is 7.65. The number of hydrogen-bond donors (Lipinski definition) is 2. The number of aryl methyl sites for hydroxylation is 2. The van der Waals surface area contributed by atoms with Gasteiger partial charge < -0.3 is 15.0 Å². The number of aromatic amines is 1. The molecule has 2 aromatic rings. The number of carbonyl (C=O) groups is 2. The van der Waals surface area contributed by atoms with Crippen molar-refractivity contribution in [3.8, 4) is 0 Å². The van der Waals surface area contributed by atoms with Gasteiger partial charge in [0.05, 0.1) is 17.7 Å². The third-order valence-electron chi connectivity index (χ3n) is 3.92. The number of esters is 1. The first-order chi connectivity index (χ1) is 11.4. The van der Waals surface area contributed by atoms with Gasteiger partial charge in [-0.05, 0) is 39.3 Å². The molecule has 0 unspecified atom stereocenters. The van der Waals surface area contributed by atoms with Gasteiger partial charge in [0.2, 0.25) is 0 Å². The number of H-pyrrole nitrogens is 1. The Morgan fingerprint density at radius 3 is 2.79 bits per heavy atom. The lowest BCUT2D eigenvalue weighted by molar-refractivity contribution is -0.110. The summed E-state index contributed by atoms with van der Waals surface area (Å²) in [5, 5.41) is 2.73. The second-order valence-electron chi connectivity index (χ2n) is 5.58. The van der Waals surface area contributed by atoms with E-state index in [1.165, 1.54) is 0 Å². The highest BCUT2D eigenvalue weighted by molar-refractivity contribution is 6.34. The predicted octanol–water partition coefficient (Wildman–Crippen LogP) is 2.40. The van der Waals surface area contributed by atoms with Crippen LogP contribution in [0.1, 0.15) is 45.6 Å². The Morgan fingerprint density at radius 2 is 2.08 bits per heavy atom. The van der Waals surface area contributed by atoms with Crippen LogP contribution in [-0.4, -0.2) is 33.4 Å². The molecular formula is C17H18N4O3. The largest absolute Gasteiger partial charge is 0.462 e. The fraction of sp³-hybridized carbons (Fsp3) is 0.294. The highest BCUT2D eigenvalue weighted by Gasteiger charge is 2.27. The van der Waals surface area contributed by atoms with Crippen LogP contribution in [0, 0.1) is 20.8 Å². The zero-order valence-electron chi connectivity index (χ0n) is 14.0. The van der Waals surface area contributed by atoms with E-state index in [1.54, 1.807) is 33.0 Å². The standard InChI is InChI=1S/C17H18N4O3/c1-5-24-17(23)14-8(2)13(19-9(14)3)6-11-12-7-18-10(4)20-15(12)21-16(11)22/h6-7,19H,5H2,1-4H3,(H,18,20,21,22). The summed E-state index contributed by atoms with van der Waals surface area (Å²) < 4.78 is 5.08. The van der Waals surface area contributed by atoms with Crippen LogP contribution in [0.3, 0.4) is 0 Å². The maximum absolute atomic E-state index is 12.2. The third-order valence-corrected chi connectivity index (χ3v) is 3.92. The van der Waals surface area contributed by atoms with Crippen LogP contribution in [0.15, 0.2) is 6.20 Å². The van der Waals surface area contributed by atoms with Gasteiger partial charge in [-0.3, -0.25) is 4.79 Å². The molecule has 0 bridgehead atoms. The molecule has 0 aliphatic carbocycles. The Balaban J connectivity index is 2.06. The van der Waals surface area contributed by atoms with Gasteiger partial charge in [-0.15, -0.1) is 0 Å². The minimum absolute atomic E-state index is 0.241. The fourth-order valence-electron chi connectivity index (χ4n) is 2.78. The molecule has 0 saturated carbocycles. The lowest BCUT2D eigenvalue weighted by atomic mass is 10.1. The van der Waals surface area contributed by atoms with E-state index in [9.17, 15) is 9.59 Å². The molecule has 1 aliphatic heterocycles. The molecule has 0 saturated heterocycles. The Kier molecular flexibility index (Phi) is 3.92. The number of rotatable bonds is 3. The summed E-state index contributed by atoms with van der Waals surface area (Å²) in [7, 11) is 0. The van der Waals surface area contributed by atoms with Crippen LogP contribution in [-0.2, 0) is 9.53 Å². The van der Waals surface area contributed by atoms with E-state index in [1.807, 2.05) is 6.92 Å². The van der Waals surface area contributed by atoms with Gasteiger partial charge in [0.1, 0.15) is 11.6 Å². The van der Waals surface area contributed by atoms with E-state index in [0.717, 1.165) is 5.56 Å². The molecule has 0 radical (unpaired) electrons. The van der Waals surface area contributed by atoms with Gasteiger partial charge in [-0.1, -0.05) is 0 Å². The average Bonchev–Trinajstić information content (AvgIpc) is 2.96. The smallest absolute Gasteiger partial charge is 0.340 e. The molecule has 0 spiro atoms. The van der Waals surface area contributed by atoms with Gasteiger partial charge in [0.25, 0.3) is 5.91 Å². The summed E-state index contributed by atoms with van der Waals surface area (Å²) in [6.45, 7) is 7.46. The number of aromatic nitrogens is 3. The summed E-state index contributed by atoms with van der Waals surface area (Å²) in [5.41, 5.74) is 3.75. The van der Waals surface area contributed by atoms with Crippen molar-refractivity contribution in [2.75, 3.05) is 11.9 Å². The summed E-state index contributed by atoms with van der Waals surface area (Å²) in [6, 6.07) is 0. The number of amides is 1. The molecule has 7 heteroatoms. The van der Waals surface area contributed by atoms with E-state index >= 15 is 0 Å². The number of nitrogens with zero attached hydrogens (tertiary/aromatic N) is 2. The number of fused-ring (bicyclic) bond motifs is 1. The van der Waals surface area contributed by atoms with Crippen LogP contribution in [0.25, 0.3) is 11.6 Å². The van der Waals surface area contributed by atoms with E-state index in [0.29, 0.717) is 46.3 Å². The molecule has 0 aromatic carbocycles. The number of anilines is 1. The Labute approximate surface area is 139 Å². The maximum atomic E-state index is 12.2. The topological polar surface area (TPSA) is 97.0 Å². The first-order valence-electron chi connectivity index (χ1n) is 7.65. The zero-order valence-corrected chi connectivity index (χ0v) is 14.0. The molecular weight excluding hydrogens is 308 g/mol. The average molecular weight is 326 g/mol. The molecule has 0 atom stereocenters. The van der Waals surface area contributed by atoms with Crippen LogP contribution >= 0.6 is 0 Å². The zero-order chi connectivity index (χ0) is 17.4. The molecule has 7 nitrogen and oxygen atoms in total. The Bertz CT molecular complexity index is 880. The third kappa shape index (κ3) is 2.58. The van der Waals surface area contributed by atoms with Crippen LogP contribution < -0.4 is 5.32 Å². The molecule has 2 aromatic heterocycles. The summed E-state index contributed by atoms with van der Waals surface area (Å²) in [5.74, 6) is 0.481. The van der Waals surface area contributed by atoms with E-state index in [4.69, 9.17) is 4.74 Å². The summed E-state index contributed by atoms with van der Waals surface area (Å²) >= 11 is 0. The SMILES string of the molecule is CCOC(=O)c1c(C)[nH]c(C=C2C(=O)Nc3nc(C)ncc32)c1C. The second kappa shape index (κ2) is 5.92. The number of nitrogens with one attached hydrogen (secondary N) is 2. The molecule has 2 N–H and O–H groups in total. The first kappa shape index (κ1) is 15.9. The monoisotopic (exact) mass is 326 g/mol. The van der Waals surface area contributed by atoms with Crippen molar-refractivity contribution in [3.63, 3.8) is 0 Å². The molecule has 3 heterocycles. The molecule has 124 valence electrons. The van der Waals surface area contributed by atoms with Crippen molar-refractivity contribution >= 4 is 29.3 Å². The van der Waals surface area contributed by atoms with Crippen molar-refractivity contribution in [1.29, 1.82) is 0 Å². The lowest BCUT2D eigenvalue weighted by Crippen LogP contribution is -2.06. The molecule has 0 fully saturated rings. The van der Waals surface area contributed by atoms with Crippen molar-refractivity contribution in [2.45, 2.75) is 27.7 Å². The summed E-state index contributed by atoms with van der Waals surface area (Å²) in [4.78, 5) is 35.8. The minimum atomic E-state index is -0.372. The second-order valence-corrected chi connectivity index (χ2v) is 5.58. The van der Waals surface area contributed by atoms with Gasteiger partial charge in [-0.25, -0.2) is 14.8 Å². The van der Waals surface area contributed by atoms with Crippen LogP contribution in [0.5, 0.6) is 0 Å². The number of hydrogen-bond acceptors (Lipinski definition) is 5. The van der Waals surface area contributed by atoms with Crippen molar-refractivity contribution in [2.24, 2.45) is 0 Å². The lowest BCUT2D eigenvalue weighted by Gasteiger charge is -2.02. The highest BCUT2D eigenvalue weighted by Crippen LogP contribution is 2.32. The Hall–Kier alpha value is -2.96. The predicted molar refractivity (Wildman–Crippen MR) is 89.5 cm³/mol. The van der Waals surface area contributed by atoms with Crippen molar-refractivity contribution < 1.29 is 14.3 Å². The van der Waals surface area contributed by atoms with Crippen LogP contribution in [0.4, 0.5) is 5.82 Å².